The number of rotatable bonds is 5. The maximum Gasteiger partial charge on any atom is 0.225 e. The normalized spacial score (nSPS) is 12.2. The second-order valence-corrected chi connectivity index (χ2v) is 5.51. The fourth-order valence-corrected chi connectivity index (χ4v) is 2.33. The zero-order valence-electron chi connectivity index (χ0n) is 10.3. The molecule has 1 amide bonds. The van der Waals surface area contributed by atoms with Crippen molar-refractivity contribution in [2.75, 3.05) is 5.32 Å². The predicted molar refractivity (Wildman–Crippen MR) is 80.0 cm³/mol. The van der Waals surface area contributed by atoms with E-state index in [0.29, 0.717) is 6.42 Å². The van der Waals surface area contributed by atoms with E-state index in [1.165, 1.54) is 3.57 Å². The molecular weight excluding hydrogens is 327 g/mol. The summed E-state index contributed by atoms with van der Waals surface area (Å²) in [6.07, 6.45) is 2.29. The average Bonchev–Trinajstić information content (AvgIpc) is 2.22. The van der Waals surface area contributed by atoms with E-state index in [4.69, 9.17) is 5.73 Å². The van der Waals surface area contributed by atoms with E-state index < -0.39 is 0 Å². The zero-order valence-corrected chi connectivity index (χ0v) is 12.5. The van der Waals surface area contributed by atoms with Gasteiger partial charge >= 0.3 is 0 Å². The lowest BCUT2D eigenvalue weighted by Crippen LogP contribution is -2.27. The summed E-state index contributed by atoms with van der Waals surface area (Å²) in [7, 11) is 0. The molecule has 0 aliphatic rings. The van der Waals surface area contributed by atoms with Crippen molar-refractivity contribution in [1.82, 2.24) is 0 Å². The van der Waals surface area contributed by atoms with Crippen LogP contribution in [0.25, 0.3) is 0 Å². The minimum Gasteiger partial charge on any atom is -0.327 e. The lowest BCUT2D eigenvalue weighted by atomic mass is 10.1. The van der Waals surface area contributed by atoms with E-state index >= 15 is 0 Å². The molecule has 0 aliphatic heterocycles. The van der Waals surface area contributed by atoms with Gasteiger partial charge in [0.15, 0.2) is 0 Å². The van der Waals surface area contributed by atoms with Gasteiger partial charge in [-0.15, -0.1) is 0 Å². The molecule has 0 aromatic heterocycles. The van der Waals surface area contributed by atoms with Crippen LogP contribution in [-0.4, -0.2) is 11.9 Å². The molecule has 0 aliphatic carbocycles. The molecule has 3 nitrogen and oxygen atoms in total. The van der Waals surface area contributed by atoms with Gasteiger partial charge < -0.3 is 11.1 Å². The summed E-state index contributed by atoms with van der Waals surface area (Å²) < 4.78 is 1.17. The Morgan fingerprint density at radius 3 is 2.82 bits per heavy atom. The molecule has 1 aromatic carbocycles. The van der Waals surface area contributed by atoms with Gasteiger partial charge in [-0.3, -0.25) is 4.79 Å². The van der Waals surface area contributed by atoms with E-state index in [1.54, 1.807) is 0 Å². The van der Waals surface area contributed by atoms with Crippen LogP contribution in [0.2, 0.25) is 0 Å². The smallest absolute Gasteiger partial charge is 0.225 e. The van der Waals surface area contributed by atoms with Crippen LogP contribution in [0.3, 0.4) is 0 Å². The van der Waals surface area contributed by atoms with E-state index in [0.717, 1.165) is 24.1 Å². The quantitative estimate of drug-likeness (QED) is 0.806. The van der Waals surface area contributed by atoms with Crippen molar-refractivity contribution in [3.05, 3.63) is 27.3 Å². The average molecular weight is 346 g/mol. The van der Waals surface area contributed by atoms with Crippen molar-refractivity contribution in [2.45, 2.75) is 39.2 Å². The summed E-state index contributed by atoms with van der Waals surface area (Å²) in [5, 5.41) is 2.90. The number of carbonyl (C=O) groups is 1. The molecule has 0 spiro atoms. The Kier molecular flexibility index (Phi) is 5.91. The highest BCUT2D eigenvalue weighted by molar-refractivity contribution is 14.1. The van der Waals surface area contributed by atoms with Crippen molar-refractivity contribution < 1.29 is 4.79 Å². The lowest BCUT2D eigenvalue weighted by Gasteiger charge is -2.12. The molecule has 1 rings (SSSR count). The van der Waals surface area contributed by atoms with Gasteiger partial charge in [0, 0.05) is 21.7 Å². The zero-order chi connectivity index (χ0) is 12.8. The highest BCUT2D eigenvalue weighted by Crippen LogP contribution is 2.18. The molecular formula is C13H19IN2O. The highest BCUT2D eigenvalue weighted by atomic mass is 127. The van der Waals surface area contributed by atoms with Crippen LogP contribution in [0.15, 0.2) is 18.2 Å². The Labute approximate surface area is 116 Å². The van der Waals surface area contributed by atoms with E-state index in [9.17, 15) is 4.79 Å². The van der Waals surface area contributed by atoms with Crippen LogP contribution in [0.4, 0.5) is 5.69 Å². The molecule has 1 atom stereocenters. The van der Waals surface area contributed by atoms with Crippen LogP contribution in [0, 0.1) is 10.5 Å². The van der Waals surface area contributed by atoms with Crippen LogP contribution < -0.4 is 11.1 Å². The number of hydrogen-bond donors (Lipinski definition) is 2. The molecule has 1 unspecified atom stereocenters. The van der Waals surface area contributed by atoms with Crippen molar-refractivity contribution >= 4 is 34.2 Å². The Morgan fingerprint density at radius 1 is 1.53 bits per heavy atom. The first-order valence-corrected chi connectivity index (χ1v) is 6.92. The summed E-state index contributed by atoms with van der Waals surface area (Å²) in [5.41, 5.74) is 7.79. The molecule has 0 radical (unpaired) electrons. The first kappa shape index (κ1) is 14.4. The Morgan fingerprint density at radius 2 is 2.24 bits per heavy atom. The first-order valence-electron chi connectivity index (χ1n) is 5.84. The minimum atomic E-state index is -0.0378. The molecule has 0 saturated heterocycles. The van der Waals surface area contributed by atoms with Crippen LogP contribution in [-0.2, 0) is 4.79 Å². The Balaban J connectivity index is 2.56. The maximum absolute atomic E-state index is 11.7. The maximum atomic E-state index is 11.7. The van der Waals surface area contributed by atoms with Gasteiger partial charge in [-0.25, -0.2) is 0 Å². The molecule has 0 saturated carbocycles. The Hall–Kier alpha value is -0.620. The van der Waals surface area contributed by atoms with E-state index in [2.05, 4.69) is 34.8 Å². The monoisotopic (exact) mass is 346 g/mol. The van der Waals surface area contributed by atoms with Gasteiger partial charge in [-0.2, -0.15) is 0 Å². The fourth-order valence-electron chi connectivity index (χ4n) is 1.68. The first-order chi connectivity index (χ1) is 8.02. The van der Waals surface area contributed by atoms with Gasteiger partial charge in [0.25, 0.3) is 0 Å². The number of benzene rings is 1. The second-order valence-electron chi connectivity index (χ2n) is 4.26. The third-order valence-corrected chi connectivity index (χ3v) is 3.24. The molecule has 0 fully saturated rings. The van der Waals surface area contributed by atoms with Crippen molar-refractivity contribution in [3.8, 4) is 0 Å². The van der Waals surface area contributed by atoms with Gasteiger partial charge in [0.2, 0.25) is 5.91 Å². The number of nitrogens with two attached hydrogens (primary N) is 1. The van der Waals surface area contributed by atoms with Gasteiger partial charge in [0.05, 0.1) is 0 Å². The number of aryl methyl sites for hydroxylation is 1. The molecule has 3 N–H and O–H groups in total. The standard InChI is InChI=1S/C13H19IN2O/c1-3-4-11(15)8-13(17)16-12-6-5-10(14)7-9(12)2/h5-7,11H,3-4,8,15H2,1-2H3,(H,16,17). The largest absolute Gasteiger partial charge is 0.327 e. The predicted octanol–water partition coefficient (Wildman–Crippen LogP) is 3.06. The van der Waals surface area contributed by atoms with E-state index in [1.807, 2.05) is 25.1 Å². The number of halogens is 1. The molecule has 1 aromatic rings. The van der Waals surface area contributed by atoms with Gasteiger partial charge in [-0.05, 0) is 59.7 Å². The number of carbonyl (C=O) groups excluding carboxylic acids is 1. The third kappa shape index (κ3) is 5.04. The van der Waals surface area contributed by atoms with Crippen LogP contribution in [0.1, 0.15) is 31.7 Å². The summed E-state index contributed by atoms with van der Waals surface area (Å²) >= 11 is 2.25. The summed E-state index contributed by atoms with van der Waals surface area (Å²) in [5.74, 6) is -0.00439. The summed E-state index contributed by atoms with van der Waals surface area (Å²) in [6, 6.07) is 5.92. The van der Waals surface area contributed by atoms with Crippen LogP contribution in [0.5, 0.6) is 0 Å². The van der Waals surface area contributed by atoms with E-state index in [-0.39, 0.29) is 11.9 Å². The van der Waals surface area contributed by atoms with Gasteiger partial charge in [-0.1, -0.05) is 13.3 Å². The highest BCUT2D eigenvalue weighted by Gasteiger charge is 2.09. The number of anilines is 1. The number of nitrogens with one attached hydrogen (secondary N) is 1. The fraction of sp³-hybridized carbons (Fsp3) is 0.462. The van der Waals surface area contributed by atoms with Crippen molar-refractivity contribution in [2.24, 2.45) is 5.73 Å². The molecule has 17 heavy (non-hydrogen) atoms. The molecule has 0 bridgehead atoms. The Bertz CT molecular complexity index is 393. The van der Waals surface area contributed by atoms with Crippen molar-refractivity contribution in [3.63, 3.8) is 0 Å². The number of amides is 1. The number of hydrogen-bond acceptors (Lipinski definition) is 2. The minimum absolute atomic E-state index is 0.00439. The third-order valence-electron chi connectivity index (χ3n) is 2.57. The SMILES string of the molecule is CCCC(N)CC(=O)Nc1ccc(I)cc1C. The summed E-state index contributed by atoms with van der Waals surface area (Å²) in [6.45, 7) is 4.06. The van der Waals surface area contributed by atoms with Crippen LogP contribution >= 0.6 is 22.6 Å². The van der Waals surface area contributed by atoms with Gasteiger partial charge in [0.1, 0.15) is 0 Å². The second kappa shape index (κ2) is 6.96. The topological polar surface area (TPSA) is 55.1 Å². The molecule has 94 valence electrons. The lowest BCUT2D eigenvalue weighted by molar-refractivity contribution is -0.116. The summed E-state index contributed by atoms with van der Waals surface area (Å²) in [4.78, 5) is 11.7. The molecule has 4 heteroatoms. The molecule has 0 heterocycles. The van der Waals surface area contributed by atoms with Crippen molar-refractivity contribution in [1.29, 1.82) is 0 Å².